The van der Waals surface area contributed by atoms with Crippen LogP contribution in [0, 0.1) is 27.9 Å². The first-order chi connectivity index (χ1) is 12.7. The lowest BCUT2D eigenvalue weighted by Crippen LogP contribution is -2.28. The van der Waals surface area contributed by atoms with E-state index >= 15 is 0 Å². The largest absolute Gasteiger partial charge is 0.456 e. The van der Waals surface area contributed by atoms with Crippen LogP contribution in [0.25, 0.3) is 0 Å². The van der Waals surface area contributed by atoms with Crippen LogP contribution in [0.2, 0.25) is 10.0 Å². The van der Waals surface area contributed by atoms with E-state index in [1.807, 2.05) is 0 Å². The number of hydrogen-bond donors (Lipinski definition) is 1. The average molecular weight is 417 g/mol. The van der Waals surface area contributed by atoms with Gasteiger partial charge in [0.15, 0.2) is 6.61 Å². The molecule has 0 heterocycles. The number of carbonyl (C=O) groups excluding carboxylic acids is 3. The summed E-state index contributed by atoms with van der Waals surface area (Å²) in [5.41, 5.74) is 0.274. The lowest BCUT2D eigenvalue weighted by Gasteiger charge is -2.17. The third kappa shape index (κ3) is 5.90. The molecule has 1 aromatic rings. The minimum absolute atomic E-state index is 0.172. The molecular formula is C17H18Cl2N2O6. The first-order valence-corrected chi connectivity index (χ1v) is 8.98. The summed E-state index contributed by atoms with van der Waals surface area (Å²) in [6.07, 6.45) is -0.0862. The van der Waals surface area contributed by atoms with Gasteiger partial charge in [0.1, 0.15) is 5.78 Å². The van der Waals surface area contributed by atoms with Crippen molar-refractivity contribution in [3.8, 4) is 0 Å². The monoisotopic (exact) mass is 416 g/mol. The number of carbonyl (C=O) groups is 3. The summed E-state index contributed by atoms with van der Waals surface area (Å²) in [4.78, 5) is 46.2. The van der Waals surface area contributed by atoms with Gasteiger partial charge in [0.2, 0.25) is 6.54 Å². The van der Waals surface area contributed by atoms with Gasteiger partial charge in [-0.15, -0.1) is 0 Å². The molecule has 0 radical (unpaired) electrons. The van der Waals surface area contributed by atoms with Crippen molar-refractivity contribution < 1.29 is 24.0 Å². The molecule has 0 bridgehead atoms. The van der Waals surface area contributed by atoms with E-state index in [4.69, 9.17) is 27.9 Å². The predicted octanol–water partition coefficient (Wildman–Crippen LogP) is 2.98. The van der Waals surface area contributed by atoms with E-state index in [1.165, 1.54) is 12.1 Å². The molecule has 1 aromatic carbocycles. The molecule has 1 saturated carbocycles. The number of ether oxygens (including phenoxy) is 1. The number of hydrogen-bond acceptors (Lipinski definition) is 6. The zero-order valence-corrected chi connectivity index (χ0v) is 16.0. The number of rotatable bonds is 7. The van der Waals surface area contributed by atoms with E-state index in [1.54, 1.807) is 13.0 Å². The Morgan fingerprint density at radius 1 is 1.37 bits per heavy atom. The predicted molar refractivity (Wildman–Crippen MR) is 98.3 cm³/mol. The van der Waals surface area contributed by atoms with Gasteiger partial charge in [-0.05, 0) is 24.1 Å². The van der Waals surface area contributed by atoms with Gasteiger partial charge in [-0.2, -0.15) is 0 Å². The van der Waals surface area contributed by atoms with Gasteiger partial charge >= 0.3 is 5.97 Å². The van der Waals surface area contributed by atoms with Gasteiger partial charge in [0, 0.05) is 28.2 Å². The van der Waals surface area contributed by atoms with E-state index in [2.05, 4.69) is 5.32 Å². The van der Waals surface area contributed by atoms with Crippen LogP contribution in [0.1, 0.15) is 19.8 Å². The number of Topliss-reactive ketones (excluding diaryl/α,β-unsaturated/α-hetero) is 1. The Morgan fingerprint density at radius 2 is 2.07 bits per heavy atom. The zero-order chi connectivity index (χ0) is 20.1. The van der Waals surface area contributed by atoms with Crippen molar-refractivity contribution in [3.05, 3.63) is 38.4 Å². The van der Waals surface area contributed by atoms with E-state index < -0.39 is 35.2 Å². The number of ketones is 1. The summed E-state index contributed by atoms with van der Waals surface area (Å²) in [5, 5.41) is 13.9. The molecule has 27 heavy (non-hydrogen) atoms. The van der Waals surface area contributed by atoms with Crippen LogP contribution in [0.4, 0.5) is 5.69 Å². The van der Waals surface area contributed by atoms with Gasteiger partial charge in [0.25, 0.3) is 5.91 Å². The highest BCUT2D eigenvalue weighted by atomic mass is 35.5. The Balaban J connectivity index is 1.87. The molecule has 1 amide bonds. The third-order valence-electron chi connectivity index (χ3n) is 4.50. The van der Waals surface area contributed by atoms with Crippen LogP contribution in [0.15, 0.2) is 18.2 Å². The fourth-order valence-electron chi connectivity index (χ4n) is 3.16. The van der Waals surface area contributed by atoms with Crippen molar-refractivity contribution in [2.45, 2.75) is 19.8 Å². The van der Waals surface area contributed by atoms with E-state index in [-0.39, 0.29) is 41.8 Å². The molecule has 0 aliphatic heterocycles. The fraction of sp³-hybridized carbons (Fsp3) is 0.471. The number of nitrogens with zero attached hydrogens (tertiary/aromatic N) is 1. The highest BCUT2D eigenvalue weighted by Crippen LogP contribution is 2.36. The highest BCUT2D eigenvalue weighted by Gasteiger charge is 2.44. The Bertz CT molecular complexity index is 770. The maximum absolute atomic E-state index is 12.0. The van der Waals surface area contributed by atoms with Crippen molar-refractivity contribution in [3.63, 3.8) is 0 Å². The minimum atomic E-state index is -0.761. The van der Waals surface area contributed by atoms with Crippen LogP contribution in [0.3, 0.4) is 0 Å². The van der Waals surface area contributed by atoms with Gasteiger partial charge in [-0.3, -0.25) is 24.5 Å². The molecule has 1 fully saturated rings. The van der Waals surface area contributed by atoms with Gasteiger partial charge < -0.3 is 10.1 Å². The van der Waals surface area contributed by atoms with Crippen LogP contribution in [-0.2, 0) is 19.1 Å². The van der Waals surface area contributed by atoms with Crippen LogP contribution in [0.5, 0.6) is 0 Å². The fourth-order valence-corrected chi connectivity index (χ4v) is 3.50. The Labute approximate surface area is 165 Å². The molecule has 1 N–H and O–H groups in total. The second-order valence-corrected chi connectivity index (χ2v) is 7.31. The number of benzene rings is 1. The van der Waals surface area contributed by atoms with Gasteiger partial charge in [0.05, 0.1) is 17.1 Å². The standard InChI is InChI=1S/C17H18Cl2N2O6/c1-9-4-15(22)11(12(9)7-21(25)26)6-17(24)27-8-16(23)20-14-5-10(18)2-3-13(14)19/h2-3,5,9,11-12H,4,6-8H2,1H3,(H,20,23)/t9-,11-,12-/m1/s1. The molecule has 146 valence electrons. The van der Waals surface area contributed by atoms with Crippen molar-refractivity contribution in [1.29, 1.82) is 0 Å². The normalized spacial score (nSPS) is 21.7. The molecule has 0 saturated heterocycles. The van der Waals surface area contributed by atoms with Crippen LogP contribution in [-0.4, -0.2) is 35.7 Å². The molecule has 10 heteroatoms. The summed E-state index contributed by atoms with van der Waals surface area (Å²) in [5.74, 6) is -3.03. The number of esters is 1. The number of anilines is 1. The highest BCUT2D eigenvalue weighted by molar-refractivity contribution is 6.35. The number of halogens is 2. The molecule has 3 atom stereocenters. The quantitative estimate of drug-likeness (QED) is 0.414. The molecule has 2 rings (SSSR count). The van der Waals surface area contributed by atoms with Crippen molar-refractivity contribution >= 4 is 46.5 Å². The third-order valence-corrected chi connectivity index (χ3v) is 5.06. The second-order valence-electron chi connectivity index (χ2n) is 6.47. The molecule has 8 nitrogen and oxygen atoms in total. The van der Waals surface area contributed by atoms with Crippen molar-refractivity contribution in [2.24, 2.45) is 17.8 Å². The summed E-state index contributed by atoms with van der Waals surface area (Å²) < 4.78 is 4.90. The lowest BCUT2D eigenvalue weighted by atomic mass is 9.88. The number of nitro groups is 1. The molecule has 0 unspecified atom stereocenters. The average Bonchev–Trinajstić information content (AvgIpc) is 2.83. The van der Waals surface area contributed by atoms with E-state index in [0.29, 0.717) is 5.02 Å². The van der Waals surface area contributed by atoms with Gasteiger partial charge in [-0.25, -0.2) is 0 Å². The van der Waals surface area contributed by atoms with Crippen molar-refractivity contribution in [2.75, 3.05) is 18.5 Å². The maximum atomic E-state index is 12.0. The SMILES string of the molecule is C[C@@H]1CC(=O)[C@H](CC(=O)OCC(=O)Nc2cc(Cl)ccc2Cl)[C@@H]1C[N+](=O)[O-]. The first-order valence-electron chi connectivity index (χ1n) is 8.22. The summed E-state index contributed by atoms with van der Waals surface area (Å²) in [6.45, 7) is 0.802. The maximum Gasteiger partial charge on any atom is 0.307 e. The molecule has 1 aliphatic carbocycles. The van der Waals surface area contributed by atoms with Gasteiger partial charge in [-0.1, -0.05) is 30.1 Å². The smallest absolute Gasteiger partial charge is 0.307 e. The van der Waals surface area contributed by atoms with E-state index in [9.17, 15) is 24.5 Å². The molecule has 0 aromatic heterocycles. The number of nitrogens with one attached hydrogen (secondary N) is 1. The number of amides is 1. The molecule has 1 aliphatic rings. The van der Waals surface area contributed by atoms with Crippen LogP contribution < -0.4 is 5.32 Å². The van der Waals surface area contributed by atoms with Crippen molar-refractivity contribution in [1.82, 2.24) is 0 Å². The molecule has 0 spiro atoms. The van der Waals surface area contributed by atoms with Crippen LogP contribution >= 0.6 is 23.2 Å². The Morgan fingerprint density at radius 3 is 2.74 bits per heavy atom. The Kier molecular flexibility index (Phi) is 7.15. The van der Waals surface area contributed by atoms with E-state index in [0.717, 1.165) is 0 Å². The minimum Gasteiger partial charge on any atom is -0.456 e. The topological polar surface area (TPSA) is 116 Å². The lowest BCUT2D eigenvalue weighted by molar-refractivity contribution is -0.490. The Hall–Kier alpha value is -2.19. The summed E-state index contributed by atoms with van der Waals surface area (Å²) >= 11 is 11.8. The molecular weight excluding hydrogens is 399 g/mol. The zero-order valence-electron chi connectivity index (χ0n) is 14.4. The summed E-state index contributed by atoms with van der Waals surface area (Å²) in [6, 6.07) is 4.51. The second kappa shape index (κ2) is 9.14. The first kappa shape index (κ1) is 21.1. The summed E-state index contributed by atoms with van der Waals surface area (Å²) in [7, 11) is 0.